The van der Waals surface area contributed by atoms with Crippen LogP contribution in [0, 0.1) is 6.92 Å². The number of rotatable bonds is 6. The van der Waals surface area contributed by atoms with Crippen LogP contribution < -0.4 is 4.31 Å². The van der Waals surface area contributed by atoms with Gasteiger partial charge < -0.3 is 0 Å². The van der Waals surface area contributed by atoms with Crippen LogP contribution in [0.4, 0.5) is 5.69 Å². The van der Waals surface area contributed by atoms with Crippen molar-refractivity contribution in [3.8, 4) is 0 Å². The average molecular weight is 438 g/mol. The van der Waals surface area contributed by atoms with Gasteiger partial charge in [0.1, 0.15) is 0 Å². The number of halogens is 1. The van der Waals surface area contributed by atoms with Crippen molar-refractivity contribution >= 4 is 38.8 Å². The minimum absolute atomic E-state index is 0.0143. The molecule has 0 aromatic heterocycles. The molecule has 3 aromatic rings. The fourth-order valence-corrected chi connectivity index (χ4v) is 4.73. The van der Waals surface area contributed by atoms with E-state index >= 15 is 0 Å². The molecule has 0 atom stereocenters. The summed E-state index contributed by atoms with van der Waals surface area (Å²) in [5.41, 5.74) is 2.62. The second-order valence-electron chi connectivity index (χ2n) is 6.60. The third kappa shape index (κ3) is 4.08. The van der Waals surface area contributed by atoms with Crippen LogP contribution in [0.3, 0.4) is 0 Å². The number of hydrogen-bond acceptors (Lipinski definition) is 3. The number of sulfonamides is 1. The second kappa shape index (κ2) is 8.69. The van der Waals surface area contributed by atoms with Gasteiger partial charge in [-0.15, -0.1) is 0 Å². The van der Waals surface area contributed by atoms with Crippen molar-refractivity contribution in [1.82, 2.24) is 0 Å². The Balaban J connectivity index is 2.25. The summed E-state index contributed by atoms with van der Waals surface area (Å²) in [6.45, 7) is 9.43. The Morgan fingerprint density at radius 2 is 1.60 bits per heavy atom. The molecule has 6 heteroatoms. The topological polar surface area (TPSA) is 54.5 Å². The summed E-state index contributed by atoms with van der Waals surface area (Å²) in [5, 5.41) is 0.280. The van der Waals surface area contributed by atoms with Gasteiger partial charge in [0.15, 0.2) is 0 Å². The molecule has 3 aromatic carbocycles. The molecule has 0 aliphatic rings. The normalized spacial score (nSPS) is 11.0. The maximum atomic E-state index is 13.5. The van der Waals surface area contributed by atoms with Gasteiger partial charge in [0.05, 0.1) is 15.6 Å². The largest absolute Gasteiger partial charge is 0.271 e. The van der Waals surface area contributed by atoms with E-state index in [1.807, 2.05) is 37.3 Å². The Labute approximate surface area is 181 Å². The highest BCUT2D eigenvalue weighted by molar-refractivity contribution is 7.93. The zero-order valence-corrected chi connectivity index (χ0v) is 18.0. The number of anilines is 1. The highest BCUT2D eigenvalue weighted by atomic mass is 35.5. The molecule has 1 amide bonds. The first-order valence-corrected chi connectivity index (χ1v) is 10.9. The highest BCUT2D eigenvalue weighted by Crippen LogP contribution is 2.38. The van der Waals surface area contributed by atoms with Crippen molar-refractivity contribution < 1.29 is 13.2 Å². The number of hydrogen-bond donors (Lipinski definition) is 0. The molecule has 0 N–H and O–H groups in total. The van der Waals surface area contributed by atoms with Gasteiger partial charge in [-0.05, 0) is 48.4 Å². The Morgan fingerprint density at radius 3 is 2.20 bits per heavy atom. The van der Waals surface area contributed by atoms with Gasteiger partial charge in [0, 0.05) is 5.56 Å². The lowest BCUT2D eigenvalue weighted by atomic mass is 9.98. The van der Waals surface area contributed by atoms with E-state index in [2.05, 4.69) is 13.2 Å². The van der Waals surface area contributed by atoms with Crippen LogP contribution in [0.15, 0.2) is 96.9 Å². The van der Waals surface area contributed by atoms with Crippen molar-refractivity contribution in [2.24, 2.45) is 0 Å². The summed E-state index contributed by atoms with van der Waals surface area (Å²) in [6, 6.07) is 20.2. The number of amides is 1. The molecule has 0 bridgehead atoms. The Bertz CT molecular complexity index is 1220. The number of aryl methyl sites for hydroxylation is 1. The summed E-state index contributed by atoms with van der Waals surface area (Å²) in [4.78, 5) is 12.8. The third-order valence-electron chi connectivity index (χ3n) is 4.57. The van der Waals surface area contributed by atoms with Crippen LogP contribution in [0.5, 0.6) is 0 Å². The van der Waals surface area contributed by atoms with E-state index in [1.54, 1.807) is 24.3 Å². The molecule has 0 saturated heterocycles. The predicted octanol–water partition coefficient (Wildman–Crippen LogP) is 5.62. The summed E-state index contributed by atoms with van der Waals surface area (Å²) in [6.07, 6.45) is 0.960. The van der Waals surface area contributed by atoms with Gasteiger partial charge in [-0.1, -0.05) is 78.9 Å². The van der Waals surface area contributed by atoms with Crippen LogP contribution >= 0.6 is 11.6 Å². The predicted molar refractivity (Wildman–Crippen MR) is 122 cm³/mol. The molecule has 0 aliphatic heterocycles. The fraction of sp³-hybridized carbons (Fsp3) is 0.0417. The maximum absolute atomic E-state index is 13.5. The second-order valence-corrected chi connectivity index (χ2v) is 8.80. The number of carbonyl (C=O) groups is 1. The minimum atomic E-state index is -4.22. The van der Waals surface area contributed by atoms with Crippen LogP contribution in [-0.4, -0.2) is 14.3 Å². The number of nitrogens with zero attached hydrogens (tertiary/aromatic N) is 1. The van der Waals surface area contributed by atoms with E-state index in [1.165, 1.54) is 18.2 Å². The summed E-state index contributed by atoms with van der Waals surface area (Å²) < 4.78 is 27.6. The molecular weight excluding hydrogens is 418 g/mol. The van der Waals surface area contributed by atoms with Crippen molar-refractivity contribution in [1.29, 1.82) is 0 Å². The lowest BCUT2D eigenvalue weighted by Gasteiger charge is -2.25. The molecule has 3 rings (SSSR count). The molecule has 30 heavy (non-hydrogen) atoms. The molecular formula is C24H20ClNO3S. The average Bonchev–Trinajstić information content (AvgIpc) is 2.74. The fourth-order valence-electron chi connectivity index (χ4n) is 3.03. The van der Waals surface area contributed by atoms with E-state index < -0.39 is 15.9 Å². The molecule has 4 nitrogen and oxygen atoms in total. The van der Waals surface area contributed by atoms with Crippen molar-refractivity contribution in [2.75, 3.05) is 4.31 Å². The quantitative estimate of drug-likeness (QED) is 0.470. The van der Waals surface area contributed by atoms with Gasteiger partial charge in [-0.25, -0.2) is 8.42 Å². The van der Waals surface area contributed by atoms with E-state index in [0.29, 0.717) is 11.1 Å². The number of benzene rings is 3. The minimum Gasteiger partial charge on any atom is -0.268 e. The molecule has 0 unspecified atom stereocenters. The number of carbonyl (C=O) groups excluding carboxylic acids is 1. The molecule has 0 spiro atoms. The zero-order chi connectivity index (χ0) is 21.9. The summed E-state index contributed by atoms with van der Waals surface area (Å²) in [7, 11) is -4.22. The molecule has 0 aliphatic carbocycles. The SMILES string of the molecule is C=CC(=O)N(c1cccc(Cl)c1C(=C)c1ccccc1)S(=O)(=O)c1ccc(C)cc1. The van der Waals surface area contributed by atoms with Gasteiger partial charge in [0.25, 0.3) is 15.9 Å². The lowest BCUT2D eigenvalue weighted by Crippen LogP contribution is -2.36. The van der Waals surface area contributed by atoms with E-state index in [4.69, 9.17) is 11.6 Å². The Hall–Kier alpha value is -3.15. The van der Waals surface area contributed by atoms with Gasteiger partial charge in [-0.2, -0.15) is 4.31 Å². The van der Waals surface area contributed by atoms with Gasteiger partial charge in [-0.3, -0.25) is 4.79 Å². The lowest BCUT2D eigenvalue weighted by molar-refractivity contribution is -0.113. The smallest absolute Gasteiger partial charge is 0.268 e. The van der Waals surface area contributed by atoms with E-state index in [9.17, 15) is 13.2 Å². The van der Waals surface area contributed by atoms with Crippen LogP contribution in [0.2, 0.25) is 5.02 Å². The van der Waals surface area contributed by atoms with Gasteiger partial charge >= 0.3 is 0 Å². The zero-order valence-electron chi connectivity index (χ0n) is 16.4. The first-order valence-electron chi connectivity index (χ1n) is 9.09. The van der Waals surface area contributed by atoms with Crippen molar-refractivity contribution in [3.63, 3.8) is 0 Å². The van der Waals surface area contributed by atoms with Crippen molar-refractivity contribution in [3.05, 3.63) is 114 Å². The maximum Gasteiger partial charge on any atom is 0.271 e. The van der Waals surface area contributed by atoms with Gasteiger partial charge in [0.2, 0.25) is 0 Å². The van der Waals surface area contributed by atoms with E-state index in [0.717, 1.165) is 21.5 Å². The molecule has 152 valence electrons. The van der Waals surface area contributed by atoms with Crippen LogP contribution in [0.25, 0.3) is 5.57 Å². The standard InChI is InChI=1S/C24H20ClNO3S/c1-4-23(27)26(30(28,29)20-15-13-17(2)14-16-20)22-12-8-11-21(25)24(22)18(3)19-9-6-5-7-10-19/h4-16H,1,3H2,2H3. The van der Waals surface area contributed by atoms with E-state index in [-0.39, 0.29) is 15.6 Å². The Kier molecular flexibility index (Phi) is 6.25. The molecule has 0 heterocycles. The molecule has 0 saturated carbocycles. The van der Waals surface area contributed by atoms with Crippen LogP contribution in [-0.2, 0) is 14.8 Å². The summed E-state index contributed by atoms with van der Waals surface area (Å²) >= 11 is 6.46. The van der Waals surface area contributed by atoms with Crippen LogP contribution in [0.1, 0.15) is 16.7 Å². The molecule has 0 fully saturated rings. The summed E-state index contributed by atoms with van der Waals surface area (Å²) in [5.74, 6) is -0.792. The third-order valence-corrected chi connectivity index (χ3v) is 6.61. The molecule has 0 radical (unpaired) electrons. The first kappa shape index (κ1) is 21.6. The highest BCUT2D eigenvalue weighted by Gasteiger charge is 2.32. The van der Waals surface area contributed by atoms with Crippen molar-refractivity contribution in [2.45, 2.75) is 11.8 Å². The Morgan fingerprint density at radius 1 is 0.967 bits per heavy atom. The first-order chi connectivity index (χ1) is 14.3. The monoisotopic (exact) mass is 437 g/mol.